The standard InChI is InChI=1S/C13H18BrNO/c1-16-13-6-2-4-11(8-13)9-15-7-3-5-12(14)10-15/h2,4,6,8,12H,3,5,7,9-10H2,1H3. The second-order valence-corrected chi connectivity index (χ2v) is 5.62. The van der Waals surface area contributed by atoms with Crippen molar-refractivity contribution in [1.29, 1.82) is 0 Å². The third kappa shape index (κ3) is 3.22. The molecule has 2 nitrogen and oxygen atoms in total. The van der Waals surface area contributed by atoms with Crippen molar-refractivity contribution in [3.05, 3.63) is 29.8 Å². The Labute approximate surface area is 106 Å². The smallest absolute Gasteiger partial charge is 0.119 e. The average molecular weight is 284 g/mol. The number of likely N-dealkylation sites (tertiary alicyclic amines) is 1. The minimum absolute atomic E-state index is 0.659. The molecule has 0 radical (unpaired) electrons. The Morgan fingerprint density at radius 2 is 2.38 bits per heavy atom. The fourth-order valence-corrected chi connectivity index (χ4v) is 2.90. The highest BCUT2D eigenvalue weighted by molar-refractivity contribution is 9.09. The van der Waals surface area contributed by atoms with Gasteiger partial charge in [-0.1, -0.05) is 28.1 Å². The lowest BCUT2D eigenvalue weighted by Crippen LogP contribution is -2.35. The Kier molecular flexibility index (Phi) is 4.24. The van der Waals surface area contributed by atoms with Crippen molar-refractivity contribution >= 4 is 15.9 Å². The van der Waals surface area contributed by atoms with Gasteiger partial charge in [-0.15, -0.1) is 0 Å². The molecule has 1 aromatic rings. The summed E-state index contributed by atoms with van der Waals surface area (Å²) >= 11 is 3.70. The van der Waals surface area contributed by atoms with Crippen molar-refractivity contribution in [2.45, 2.75) is 24.2 Å². The summed E-state index contributed by atoms with van der Waals surface area (Å²) in [6.07, 6.45) is 2.59. The van der Waals surface area contributed by atoms with Gasteiger partial charge in [0.2, 0.25) is 0 Å². The third-order valence-electron chi connectivity index (χ3n) is 2.99. The average Bonchev–Trinajstić information content (AvgIpc) is 2.29. The summed E-state index contributed by atoms with van der Waals surface area (Å²) in [6.45, 7) is 3.38. The molecule has 1 saturated heterocycles. The third-order valence-corrected chi connectivity index (χ3v) is 3.74. The quantitative estimate of drug-likeness (QED) is 0.791. The molecule has 1 heterocycles. The summed E-state index contributed by atoms with van der Waals surface area (Å²) < 4.78 is 5.24. The number of hydrogen-bond acceptors (Lipinski definition) is 2. The lowest BCUT2D eigenvalue weighted by atomic mass is 10.1. The van der Waals surface area contributed by atoms with E-state index in [1.165, 1.54) is 24.9 Å². The van der Waals surface area contributed by atoms with E-state index in [1.54, 1.807) is 7.11 Å². The Hall–Kier alpha value is -0.540. The van der Waals surface area contributed by atoms with E-state index in [2.05, 4.69) is 39.0 Å². The molecule has 3 heteroatoms. The second-order valence-electron chi connectivity index (χ2n) is 4.33. The van der Waals surface area contributed by atoms with Crippen LogP contribution in [0, 0.1) is 0 Å². The number of ether oxygens (including phenoxy) is 1. The second kappa shape index (κ2) is 5.69. The SMILES string of the molecule is COc1cccc(CN2CCCC(Br)C2)c1. The van der Waals surface area contributed by atoms with Crippen molar-refractivity contribution in [1.82, 2.24) is 4.90 Å². The maximum Gasteiger partial charge on any atom is 0.119 e. The van der Waals surface area contributed by atoms with Crippen LogP contribution in [0.3, 0.4) is 0 Å². The number of alkyl halides is 1. The lowest BCUT2D eigenvalue weighted by Gasteiger charge is -2.29. The predicted molar refractivity (Wildman–Crippen MR) is 70.2 cm³/mol. The number of piperidine rings is 1. The van der Waals surface area contributed by atoms with Crippen LogP contribution in [0.1, 0.15) is 18.4 Å². The van der Waals surface area contributed by atoms with Crippen LogP contribution >= 0.6 is 15.9 Å². The number of hydrogen-bond donors (Lipinski definition) is 0. The number of nitrogens with zero attached hydrogens (tertiary/aromatic N) is 1. The largest absolute Gasteiger partial charge is 0.497 e. The minimum Gasteiger partial charge on any atom is -0.497 e. The van der Waals surface area contributed by atoms with Gasteiger partial charge in [-0.25, -0.2) is 0 Å². The first-order valence-electron chi connectivity index (χ1n) is 5.77. The lowest BCUT2D eigenvalue weighted by molar-refractivity contribution is 0.227. The van der Waals surface area contributed by atoms with Crippen LogP contribution in [0.4, 0.5) is 0 Å². The Balaban J connectivity index is 1.97. The van der Waals surface area contributed by atoms with Crippen LogP contribution < -0.4 is 4.74 Å². The van der Waals surface area contributed by atoms with E-state index in [4.69, 9.17) is 4.74 Å². The maximum absolute atomic E-state index is 5.24. The molecule has 0 aromatic heterocycles. The van der Waals surface area contributed by atoms with Crippen molar-refractivity contribution in [3.63, 3.8) is 0 Å². The summed E-state index contributed by atoms with van der Waals surface area (Å²) in [5, 5.41) is 0. The van der Waals surface area contributed by atoms with Crippen LogP contribution in [0.5, 0.6) is 5.75 Å². The van der Waals surface area contributed by atoms with Gasteiger partial charge >= 0.3 is 0 Å². The number of halogens is 1. The van der Waals surface area contributed by atoms with E-state index in [0.29, 0.717) is 4.83 Å². The van der Waals surface area contributed by atoms with E-state index in [1.807, 2.05) is 6.07 Å². The van der Waals surface area contributed by atoms with E-state index in [-0.39, 0.29) is 0 Å². The highest BCUT2D eigenvalue weighted by atomic mass is 79.9. The molecule has 16 heavy (non-hydrogen) atoms. The van der Waals surface area contributed by atoms with Crippen LogP contribution in [-0.4, -0.2) is 29.9 Å². The molecule has 0 spiro atoms. The highest BCUT2D eigenvalue weighted by Gasteiger charge is 2.17. The molecule has 2 rings (SSSR count). The van der Waals surface area contributed by atoms with Gasteiger partial charge in [0.15, 0.2) is 0 Å². The molecule has 0 saturated carbocycles. The van der Waals surface area contributed by atoms with E-state index < -0.39 is 0 Å². The molecule has 0 bridgehead atoms. The van der Waals surface area contributed by atoms with Crippen LogP contribution in [0.2, 0.25) is 0 Å². The fourth-order valence-electron chi connectivity index (χ4n) is 2.17. The summed E-state index contributed by atoms with van der Waals surface area (Å²) in [5.41, 5.74) is 1.33. The fraction of sp³-hybridized carbons (Fsp3) is 0.538. The van der Waals surface area contributed by atoms with E-state index in [0.717, 1.165) is 18.8 Å². The zero-order valence-electron chi connectivity index (χ0n) is 9.66. The minimum atomic E-state index is 0.659. The Morgan fingerprint density at radius 3 is 3.12 bits per heavy atom. The molecule has 1 aromatic carbocycles. The molecule has 1 fully saturated rings. The van der Waals surface area contributed by atoms with Crippen molar-refractivity contribution < 1.29 is 4.74 Å². The normalized spacial score (nSPS) is 22.0. The van der Waals surface area contributed by atoms with Gasteiger partial charge in [-0.05, 0) is 37.1 Å². The Bertz CT molecular complexity index is 342. The summed E-state index contributed by atoms with van der Waals surface area (Å²) in [4.78, 5) is 3.16. The van der Waals surface area contributed by atoms with Crippen molar-refractivity contribution in [2.75, 3.05) is 20.2 Å². The first-order chi connectivity index (χ1) is 7.78. The molecule has 0 N–H and O–H groups in total. The summed E-state index contributed by atoms with van der Waals surface area (Å²) in [7, 11) is 1.72. The van der Waals surface area contributed by atoms with Gasteiger partial charge < -0.3 is 4.74 Å². The molecule has 0 aliphatic carbocycles. The first kappa shape index (κ1) is 11.9. The molecular formula is C13H18BrNO. The van der Waals surface area contributed by atoms with Gasteiger partial charge in [0.25, 0.3) is 0 Å². The summed E-state index contributed by atoms with van der Waals surface area (Å²) in [5.74, 6) is 0.949. The van der Waals surface area contributed by atoms with Gasteiger partial charge in [0.1, 0.15) is 5.75 Å². The monoisotopic (exact) mass is 283 g/mol. The number of methoxy groups -OCH3 is 1. The molecular weight excluding hydrogens is 266 g/mol. The van der Waals surface area contributed by atoms with Gasteiger partial charge in [-0.3, -0.25) is 4.90 Å². The predicted octanol–water partition coefficient (Wildman–Crippen LogP) is 3.05. The molecule has 1 aliphatic heterocycles. The van der Waals surface area contributed by atoms with E-state index >= 15 is 0 Å². The molecule has 1 atom stereocenters. The maximum atomic E-state index is 5.24. The van der Waals surface area contributed by atoms with Crippen LogP contribution in [0.15, 0.2) is 24.3 Å². The van der Waals surface area contributed by atoms with Gasteiger partial charge in [0, 0.05) is 17.9 Å². The molecule has 1 aliphatic rings. The zero-order chi connectivity index (χ0) is 11.4. The first-order valence-corrected chi connectivity index (χ1v) is 6.69. The Morgan fingerprint density at radius 1 is 1.50 bits per heavy atom. The zero-order valence-corrected chi connectivity index (χ0v) is 11.2. The highest BCUT2D eigenvalue weighted by Crippen LogP contribution is 2.20. The topological polar surface area (TPSA) is 12.5 Å². The van der Waals surface area contributed by atoms with Crippen LogP contribution in [-0.2, 0) is 6.54 Å². The molecule has 1 unspecified atom stereocenters. The molecule has 88 valence electrons. The summed E-state index contributed by atoms with van der Waals surface area (Å²) in [6, 6.07) is 8.34. The van der Waals surface area contributed by atoms with Gasteiger partial charge in [0.05, 0.1) is 7.11 Å². The molecule has 0 amide bonds. The van der Waals surface area contributed by atoms with E-state index in [9.17, 15) is 0 Å². The van der Waals surface area contributed by atoms with Gasteiger partial charge in [-0.2, -0.15) is 0 Å². The van der Waals surface area contributed by atoms with Crippen LogP contribution in [0.25, 0.3) is 0 Å². The van der Waals surface area contributed by atoms with Crippen molar-refractivity contribution in [3.8, 4) is 5.75 Å². The number of rotatable bonds is 3. The number of benzene rings is 1. The van der Waals surface area contributed by atoms with Crippen molar-refractivity contribution in [2.24, 2.45) is 0 Å².